The van der Waals surface area contributed by atoms with E-state index < -0.39 is 5.97 Å². The molecule has 0 bridgehead atoms. The van der Waals surface area contributed by atoms with E-state index in [2.05, 4.69) is 0 Å². The highest BCUT2D eigenvalue weighted by Gasteiger charge is 2.26. The monoisotopic (exact) mass is 319 g/mol. The fourth-order valence-corrected chi connectivity index (χ4v) is 2.94. The van der Waals surface area contributed by atoms with Crippen LogP contribution in [-0.2, 0) is 9.59 Å². The third-order valence-electron chi connectivity index (χ3n) is 4.09. The molecule has 1 N–H and O–H groups in total. The molecule has 1 saturated heterocycles. The van der Waals surface area contributed by atoms with Crippen molar-refractivity contribution in [2.45, 2.75) is 44.6 Å². The summed E-state index contributed by atoms with van der Waals surface area (Å²) in [7, 11) is 0. The summed E-state index contributed by atoms with van der Waals surface area (Å²) in [6, 6.07) is 6.22. The minimum Gasteiger partial charge on any atom is -0.481 e. The lowest BCUT2D eigenvalue weighted by Gasteiger charge is -2.35. The molecule has 0 spiro atoms. The first kappa shape index (κ1) is 17.2. The first-order chi connectivity index (χ1) is 11.1. The molecule has 23 heavy (non-hydrogen) atoms. The maximum Gasteiger partial charge on any atom is 0.303 e. The van der Waals surface area contributed by atoms with E-state index in [-0.39, 0.29) is 30.6 Å². The van der Waals surface area contributed by atoms with Crippen molar-refractivity contribution < 1.29 is 19.1 Å². The molecule has 1 amide bonds. The Morgan fingerprint density at radius 1 is 1.35 bits per heavy atom. The molecule has 0 saturated carbocycles. The summed E-state index contributed by atoms with van der Waals surface area (Å²) in [6.45, 7) is 0.691. The van der Waals surface area contributed by atoms with Gasteiger partial charge in [0.15, 0.2) is 0 Å². The Hall–Kier alpha value is -2.17. The Morgan fingerprint density at radius 2 is 2.17 bits per heavy atom. The van der Waals surface area contributed by atoms with Gasteiger partial charge in [-0.1, -0.05) is 24.3 Å². The van der Waals surface area contributed by atoms with E-state index in [4.69, 9.17) is 5.11 Å². The summed E-state index contributed by atoms with van der Waals surface area (Å²) in [6.07, 6.45) is 7.18. The van der Waals surface area contributed by atoms with Crippen molar-refractivity contribution in [2.75, 3.05) is 6.54 Å². The van der Waals surface area contributed by atoms with Crippen LogP contribution in [0.5, 0.6) is 0 Å². The lowest BCUT2D eigenvalue weighted by Crippen LogP contribution is -2.43. The van der Waals surface area contributed by atoms with Crippen LogP contribution in [0.4, 0.5) is 4.39 Å². The van der Waals surface area contributed by atoms with E-state index >= 15 is 0 Å². The molecule has 0 radical (unpaired) electrons. The molecule has 0 aliphatic carbocycles. The maximum absolute atomic E-state index is 13.1. The zero-order valence-electron chi connectivity index (χ0n) is 13.1. The number of benzene rings is 1. The highest BCUT2D eigenvalue weighted by atomic mass is 19.1. The summed E-state index contributed by atoms with van der Waals surface area (Å²) in [4.78, 5) is 24.9. The van der Waals surface area contributed by atoms with Crippen molar-refractivity contribution in [3.63, 3.8) is 0 Å². The number of carboxylic acid groups (broad SMARTS) is 1. The average Bonchev–Trinajstić information content (AvgIpc) is 2.53. The van der Waals surface area contributed by atoms with E-state index in [1.165, 1.54) is 12.1 Å². The lowest BCUT2D eigenvalue weighted by atomic mass is 9.97. The molecule has 1 aliphatic heterocycles. The molecular formula is C18H22FNO3. The second-order valence-electron chi connectivity index (χ2n) is 5.83. The van der Waals surface area contributed by atoms with Crippen LogP contribution >= 0.6 is 0 Å². The predicted octanol–water partition coefficient (Wildman–Crippen LogP) is 3.47. The standard InChI is InChI=1S/C18H22FNO3/c19-15-7-3-5-14(13-15)6-4-9-17(21)20-12-2-1-8-16(20)10-11-18(22)23/h3-7,13,16H,1-2,8-12H2,(H,22,23)/b6-4+. The number of carboxylic acids is 1. The number of carbonyl (C=O) groups is 2. The molecule has 4 nitrogen and oxygen atoms in total. The Balaban J connectivity index is 1.90. The predicted molar refractivity (Wildman–Crippen MR) is 86.3 cm³/mol. The van der Waals surface area contributed by atoms with Gasteiger partial charge < -0.3 is 10.0 Å². The minimum absolute atomic E-state index is 0.00717. The number of halogens is 1. The van der Waals surface area contributed by atoms with Gasteiger partial charge in [-0.15, -0.1) is 0 Å². The van der Waals surface area contributed by atoms with Crippen molar-refractivity contribution in [1.29, 1.82) is 0 Å². The van der Waals surface area contributed by atoms with Crippen LogP contribution in [0.2, 0.25) is 0 Å². The molecule has 5 heteroatoms. The topological polar surface area (TPSA) is 57.6 Å². The number of hydrogen-bond acceptors (Lipinski definition) is 2. The van der Waals surface area contributed by atoms with Crippen LogP contribution < -0.4 is 0 Å². The smallest absolute Gasteiger partial charge is 0.303 e. The number of hydrogen-bond donors (Lipinski definition) is 1. The van der Waals surface area contributed by atoms with Crippen LogP contribution in [0, 0.1) is 5.82 Å². The van der Waals surface area contributed by atoms with Gasteiger partial charge in [-0.2, -0.15) is 0 Å². The largest absolute Gasteiger partial charge is 0.481 e. The summed E-state index contributed by atoms with van der Waals surface area (Å²) in [5.74, 6) is -1.12. The molecule has 1 unspecified atom stereocenters. The van der Waals surface area contributed by atoms with Crippen LogP contribution in [0.25, 0.3) is 6.08 Å². The van der Waals surface area contributed by atoms with Crippen LogP contribution in [0.3, 0.4) is 0 Å². The van der Waals surface area contributed by atoms with Gasteiger partial charge in [-0.3, -0.25) is 9.59 Å². The molecule has 1 heterocycles. The highest BCUT2D eigenvalue weighted by Crippen LogP contribution is 2.22. The number of amides is 1. The van der Waals surface area contributed by atoms with Crippen molar-refractivity contribution >= 4 is 18.0 Å². The van der Waals surface area contributed by atoms with E-state index in [0.29, 0.717) is 13.0 Å². The number of carbonyl (C=O) groups excluding carboxylic acids is 1. The lowest BCUT2D eigenvalue weighted by molar-refractivity contribution is -0.139. The van der Waals surface area contributed by atoms with Gasteiger partial charge in [0.1, 0.15) is 5.82 Å². The molecule has 1 atom stereocenters. The number of piperidine rings is 1. The minimum atomic E-state index is -0.825. The molecule has 1 aromatic rings. The van der Waals surface area contributed by atoms with E-state index in [1.54, 1.807) is 24.3 Å². The van der Waals surface area contributed by atoms with Gasteiger partial charge in [-0.25, -0.2) is 4.39 Å². The van der Waals surface area contributed by atoms with E-state index in [1.807, 2.05) is 4.90 Å². The first-order valence-electron chi connectivity index (χ1n) is 7.99. The summed E-state index contributed by atoms with van der Waals surface area (Å²) in [5, 5.41) is 8.81. The molecule has 0 aromatic heterocycles. The van der Waals surface area contributed by atoms with E-state index in [0.717, 1.165) is 24.8 Å². The fourth-order valence-electron chi connectivity index (χ4n) is 2.94. The Kier molecular flexibility index (Phi) is 6.32. The van der Waals surface area contributed by atoms with Crippen molar-refractivity contribution in [2.24, 2.45) is 0 Å². The molecular weight excluding hydrogens is 297 g/mol. The Labute approximate surface area is 135 Å². The van der Waals surface area contributed by atoms with Gasteiger partial charge in [0.25, 0.3) is 0 Å². The normalized spacial score (nSPS) is 18.3. The SMILES string of the molecule is O=C(O)CCC1CCCCN1C(=O)C/C=C/c1cccc(F)c1. The van der Waals surface area contributed by atoms with Crippen LogP contribution in [0.1, 0.15) is 44.1 Å². The van der Waals surface area contributed by atoms with Gasteiger partial charge in [-0.05, 0) is 43.4 Å². The Morgan fingerprint density at radius 3 is 2.91 bits per heavy atom. The highest BCUT2D eigenvalue weighted by molar-refractivity contribution is 5.79. The van der Waals surface area contributed by atoms with Crippen molar-refractivity contribution in [1.82, 2.24) is 4.90 Å². The zero-order chi connectivity index (χ0) is 16.7. The second kappa shape index (κ2) is 8.46. The van der Waals surface area contributed by atoms with Crippen molar-refractivity contribution in [3.8, 4) is 0 Å². The molecule has 2 rings (SSSR count). The van der Waals surface area contributed by atoms with Gasteiger partial charge in [0.05, 0.1) is 0 Å². The average molecular weight is 319 g/mol. The molecule has 1 aromatic carbocycles. The zero-order valence-corrected chi connectivity index (χ0v) is 13.1. The summed E-state index contributed by atoms with van der Waals surface area (Å²) in [5.41, 5.74) is 0.721. The number of likely N-dealkylation sites (tertiary alicyclic amines) is 1. The number of nitrogens with zero attached hydrogens (tertiary/aromatic N) is 1. The third-order valence-corrected chi connectivity index (χ3v) is 4.09. The molecule has 1 aliphatic rings. The summed E-state index contributed by atoms with van der Waals surface area (Å²) < 4.78 is 13.1. The number of aliphatic carboxylic acids is 1. The van der Waals surface area contributed by atoms with Gasteiger partial charge in [0, 0.05) is 25.4 Å². The van der Waals surface area contributed by atoms with Crippen LogP contribution in [0.15, 0.2) is 30.3 Å². The number of rotatable bonds is 6. The summed E-state index contributed by atoms with van der Waals surface area (Å²) >= 11 is 0. The van der Waals surface area contributed by atoms with Gasteiger partial charge in [0.2, 0.25) is 5.91 Å². The molecule has 124 valence electrons. The fraction of sp³-hybridized carbons (Fsp3) is 0.444. The van der Waals surface area contributed by atoms with Gasteiger partial charge >= 0.3 is 5.97 Å². The first-order valence-corrected chi connectivity index (χ1v) is 7.99. The Bertz CT molecular complexity index is 585. The van der Waals surface area contributed by atoms with E-state index in [9.17, 15) is 14.0 Å². The maximum atomic E-state index is 13.1. The second-order valence-corrected chi connectivity index (χ2v) is 5.83. The quantitative estimate of drug-likeness (QED) is 0.873. The van der Waals surface area contributed by atoms with Crippen LogP contribution in [-0.4, -0.2) is 34.5 Å². The van der Waals surface area contributed by atoms with Crippen molar-refractivity contribution in [3.05, 3.63) is 41.7 Å². The molecule has 1 fully saturated rings. The third kappa shape index (κ3) is 5.51.